The molecule has 3 aromatic carbocycles. The van der Waals surface area contributed by atoms with Crippen LogP contribution in [0, 0.1) is 11.6 Å². The maximum atomic E-state index is 14.3. The van der Waals surface area contributed by atoms with Gasteiger partial charge in [-0.1, -0.05) is 24.3 Å². The van der Waals surface area contributed by atoms with Gasteiger partial charge in [-0.15, -0.1) is 0 Å². The molecule has 0 spiro atoms. The van der Waals surface area contributed by atoms with Gasteiger partial charge in [0.05, 0.1) is 22.6 Å². The summed E-state index contributed by atoms with van der Waals surface area (Å²) < 4.78 is 30.0. The molecule has 1 saturated heterocycles. The number of nitrogens with zero attached hydrogens (tertiary/aromatic N) is 6. The Bertz CT molecular complexity index is 2090. The number of hydrogen-bond donors (Lipinski definition) is 2. The SMILES string of the molecule is CN(C)C1CCN(c2ccc(Nc3nccc(-c4c(-c5cccc(NC(=O)c6cccc(F)c6F)c5)nc5ccccn45)n3)cc2)CC1. The highest BCUT2D eigenvalue weighted by atomic mass is 19.2. The molecule has 1 fully saturated rings. The standard InChI is InChI=1S/C37H34F2N8O/c1-45(2)27-17-21-46(22-18-27)28-14-12-25(13-15-28)42-37-40-19-16-31(43-37)35-34(44-32-11-3-4-20-47(32)35)24-7-5-8-26(23-24)41-36(48)29-9-6-10-30(38)33(29)39/h3-16,19-20,23,27H,17-18,21-22H2,1-2H3,(H,41,48)(H,40,42,43). The number of anilines is 4. The lowest BCUT2D eigenvalue weighted by molar-refractivity contribution is 0.102. The quantitative estimate of drug-likeness (QED) is 0.180. The molecular weight excluding hydrogens is 610 g/mol. The van der Waals surface area contributed by atoms with E-state index in [4.69, 9.17) is 9.97 Å². The van der Waals surface area contributed by atoms with E-state index in [9.17, 15) is 13.6 Å². The molecule has 11 heteroatoms. The molecule has 0 bridgehead atoms. The Morgan fingerprint density at radius 3 is 2.46 bits per heavy atom. The zero-order chi connectivity index (χ0) is 33.2. The second-order valence-electron chi connectivity index (χ2n) is 12.0. The Morgan fingerprint density at radius 2 is 1.67 bits per heavy atom. The number of imidazole rings is 1. The van der Waals surface area contributed by atoms with Crippen LogP contribution in [-0.4, -0.2) is 63.4 Å². The average molecular weight is 645 g/mol. The van der Waals surface area contributed by atoms with Crippen LogP contribution in [0.15, 0.2) is 103 Å². The van der Waals surface area contributed by atoms with Crippen LogP contribution in [0.5, 0.6) is 0 Å². The second-order valence-corrected chi connectivity index (χ2v) is 12.0. The Balaban J connectivity index is 1.15. The van der Waals surface area contributed by atoms with Gasteiger partial charge >= 0.3 is 0 Å². The van der Waals surface area contributed by atoms with Crippen LogP contribution in [0.3, 0.4) is 0 Å². The first-order valence-corrected chi connectivity index (χ1v) is 15.8. The lowest BCUT2D eigenvalue weighted by Gasteiger charge is -2.36. The van der Waals surface area contributed by atoms with E-state index < -0.39 is 17.5 Å². The second kappa shape index (κ2) is 13.2. The summed E-state index contributed by atoms with van der Waals surface area (Å²) in [6, 6.07) is 27.1. The van der Waals surface area contributed by atoms with E-state index in [0.717, 1.165) is 43.4 Å². The van der Waals surface area contributed by atoms with Crippen molar-refractivity contribution < 1.29 is 13.6 Å². The maximum absolute atomic E-state index is 14.3. The molecule has 3 aromatic heterocycles. The summed E-state index contributed by atoms with van der Waals surface area (Å²) >= 11 is 0. The zero-order valence-electron chi connectivity index (χ0n) is 26.6. The lowest BCUT2D eigenvalue weighted by atomic mass is 10.0. The summed E-state index contributed by atoms with van der Waals surface area (Å²) in [7, 11) is 4.30. The number of carbonyl (C=O) groups excluding carboxylic acids is 1. The number of carbonyl (C=O) groups is 1. The first kappa shape index (κ1) is 30.9. The molecule has 6 aromatic rings. The molecule has 0 saturated carbocycles. The summed E-state index contributed by atoms with van der Waals surface area (Å²) in [4.78, 5) is 31.8. The van der Waals surface area contributed by atoms with Crippen molar-refractivity contribution in [2.45, 2.75) is 18.9 Å². The highest BCUT2D eigenvalue weighted by Crippen LogP contribution is 2.34. The van der Waals surface area contributed by atoms with Crippen molar-refractivity contribution in [2.75, 3.05) is 42.7 Å². The fraction of sp³-hybridized carbons (Fsp3) is 0.189. The number of aromatic nitrogens is 4. The van der Waals surface area contributed by atoms with Crippen LogP contribution in [-0.2, 0) is 0 Å². The molecule has 0 radical (unpaired) electrons. The van der Waals surface area contributed by atoms with E-state index in [-0.39, 0.29) is 5.56 Å². The van der Waals surface area contributed by atoms with Crippen LogP contribution in [0.1, 0.15) is 23.2 Å². The van der Waals surface area contributed by atoms with Gasteiger partial charge in [0.15, 0.2) is 11.6 Å². The number of fused-ring (bicyclic) bond motifs is 1. The van der Waals surface area contributed by atoms with Crippen molar-refractivity contribution in [1.29, 1.82) is 0 Å². The summed E-state index contributed by atoms with van der Waals surface area (Å²) in [5.74, 6) is -2.61. The summed E-state index contributed by atoms with van der Waals surface area (Å²) in [5.41, 5.74) is 5.49. The Labute approximate surface area is 276 Å². The highest BCUT2D eigenvalue weighted by molar-refractivity contribution is 6.04. The molecule has 9 nitrogen and oxygen atoms in total. The minimum atomic E-state index is -1.20. The monoisotopic (exact) mass is 644 g/mol. The van der Waals surface area contributed by atoms with Gasteiger partial charge in [-0.25, -0.2) is 23.7 Å². The number of benzene rings is 3. The molecular formula is C37H34F2N8O. The Hall–Kier alpha value is -5.68. The molecule has 0 unspecified atom stereocenters. The minimum absolute atomic E-state index is 0.380. The number of hydrogen-bond acceptors (Lipinski definition) is 7. The van der Waals surface area contributed by atoms with Crippen LogP contribution in [0.2, 0.25) is 0 Å². The molecule has 1 aliphatic rings. The summed E-state index contributed by atoms with van der Waals surface area (Å²) in [6.07, 6.45) is 5.90. The van der Waals surface area contributed by atoms with Crippen molar-refractivity contribution in [3.63, 3.8) is 0 Å². The molecule has 7 rings (SSSR count). The smallest absolute Gasteiger partial charge is 0.258 e. The minimum Gasteiger partial charge on any atom is -0.371 e. The van der Waals surface area contributed by atoms with Crippen molar-refractivity contribution >= 4 is 34.6 Å². The first-order valence-electron chi connectivity index (χ1n) is 15.8. The third kappa shape index (κ3) is 6.32. The molecule has 1 aliphatic heterocycles. The fourth-order valence-corrected chi connectivity index (χ4v) is 6.14. The highest BCUT2D eigenvalue weighted by Gasteiger charge is 2.22. The first-order chi connectivity index (χ1) is 23.3. The zero-order valence-corrected chi connectivity index (χ0v) is 26.6. The van der Waals surface area contributed by atoms with E-state index in [2.05, 4.69) is 51.6 Å². The van der Waals surface area contributed by atoms with Crippen molar-refractivity contribution in [1.82, 2.24) is 24.3 Å². The predicted molar refractivity (Wildman–Crippen MR) is 185 cm³/mol. The molecule has 2 N–H and O–H groups in total. The molecule has 0 aliphatic carbocycles. The predicted octanol–water partition coefficient (Wildman–Crippen LogP) is 7.26. The van der Waals surface area contributed by atoms with E-state index in [1.54, 1.807) is 24.4 Å². The Morgan fingerprint density at radius 1 is 0.875 bits per heavy atom. The van der Waals surface area contributed by atoms with Gasteiger partial charge in [-0.2, -0.15) is 0 Å². The Kier molecular flexibility index (Phi) is 8.51. The van der Waals surface area contributed by atoms with Gasteiger partial charge < -0.3 is 20.4 Å². The van der Waals surface area contributed by atoms with Gasteiger partial charge in [-0.3, -0.25) is 9.20 Å². The van der Waals surface area contributed by atoms with E-state index in [0.29, 0.717) is 40.3 Å². The largest absolute Gasteiger partial charge is 0.371 e. The van der Waals surface area contributed by atoms with Crippen molar-refractivity contribution in [2.24, 2.45) is 0 Å². The van der Waals surface area contributed by atoms with Gasteiger partial charge in [0.2, 0.25) is 5.95 Å². The lowest BCUT2D eigenvalue weighted by Crippen LogP contribution is -2.41. The maximum Gasteiger partial charge on any atom is 0.258 e. The number of nitrogens with one attached hydrogen (secondary N) is 2. The van der Waals surface area contributed by atoms with E-state index >= 15 is 0 Å². The van der Waals surface area contributed by atoms with Crippen LogP contribution in [0.4, 0.5) is 31.8 Å². The number of pyridine rings is 1. The fourth-order valence-electron chi connectivity index (χ4n) is 6.14. The number of piperidine rings is 1. The topological polar surface area (TPSA) is 90.7 Å². The molecule has 48 heavy (non-hydrogen) atoms. The van der Waals surface area contributed by atoms with Crippen molar-refractivity contribution in [3.05, 3.63) is 121 Å². The van der Waals surface area contributed by atoms with Crippen molar-refractivity contribution in [3.8, 4) is 22.6 Å². The van der Waals surface area contributed by atoms with Crippen LogP contribution >= 0.6 is 0 Å². The molecule has 0 atom stereocenters. The van der Waals surface area contributed by atoms with Gasteiger partial charge in [0.25, 0.3) is 5.91 Å². The van der Waals surface area contributed by atoms with Crippen LogP contribution in [0.25, 0.3) is 28.3 Å². The van der Waals surface area contributed by atoms with Crippen LogP contribution < -0.4 is 15.5 Å². The van der Waals surface area contributed by atoms with E-state index in [1.165, 1.54) is 17.8 Å². The normalized spacial score (nSPS) is 13.6. The van der Waals surface area contributed by atoms with Gasteiger partial charge in [0, 0.05) is 54.2 Å². The summed E-state index contributed by atoms with van der Waals surface area (Å²) in [5, 5.41) is 6.01. The third-order valence-corrected chi connectivity index (χ3v) is 8.70. The number of amides is 1. The molecule has 1 amide bonds. The average Bonchev–Trinajstić information content (AvgIpc) is 3.50. The third-order valence-electron chi connectivity index (χ3n) is 8.70. The number of rotatable bonds is 8. The van der Waals surface area contributed by atoms with Gasteiger partial charge in [-0.05, 0) is 93.7 Å². The summed E-state index contributed by atoms with van der Waals surface area (Å²) in [6.45, 7) is 2.06. The van der Waals surface area contributed by atoms with Gasteiger partial charge in [0.1, 0.15) is 5.65 Å². The van der Waals surface area contributed by atoms with E-state index in [1.807, 2.05) is 53.1 Å². The molecule has 4 heterocycles. The number of halogens is 2. The molecule has 242 valence electrons.